The minimum absolute atomic E-state index is 0. The Morgan fingerprint density at radius 3 is 2.66 bits per heavy atom. The summed E-state index contributed by atoms with van der Waals surface area (Å²) in [6, 6.07) is 13.8. The zero-order valence-electron chi connectivity index (χ0n) is 17.2. The standard InChI is InChI=1S/C22H29N3O3.HI/c1-15(2)27-19-8-6-18(7-9-19)25-22(23)24-13-17-5-4-16(3)12-21(17)28-20-10-11-26-14-20;/h4-9,12,15,20H,10-11,13-14H2,1-3H3,(H3,23,24,25);1H. The highest BCUT2D eigenvalue weighted by atomic mass is 127. The number of rotatable bonds is 7. The summed E-state index contributed by atoms with van der Waals surface area (Å²) in [6.07, 6.45) is 1.16. The fourth-order valence-electron chi connectivity index (χ4n) is 2.93. The summed E-state index contributed by atoms with van der Waals surface area (Å²) in [5.41, 5.74) is 9.08. The predicted octanol–water partition coefficient (Wildman–Crippen LogP) is 4.49. The lowest BCUT2D eigenvalue weighted by Crippen LogP contribution is -2.22. The zero-order valence-corrected chi connectivity index (χ0v) is 19.5. The molecule has 1 atom stereocenters. The highest BCUT2D eigenvalue weighted by molar-refractivity contribution is 14.0. The van der Waals surface area contributed by atoms with Crippen molar-refractivity contribution < 1.29 is 14.2 Å². The quantitative estimate of drug-likeness (QED) is 0.325. The average Bonchev–Trinajstić information content (AvgIpc) is 3.15. The molecule has 0 aliphatic carbocycles. The van der Waals surface area contributed by atoms with Gasteiger partial charge in [0.15, 0.2) is 5.96 Å². The number of benzene rings is 2. The SMILES string of the molecule is Cc1ccc(CN=C(N)Nc2ccc(OC(C)C)cc2)c(OC2CCOC2)c1.I. The van der Waals surface area contributed by atoms with Gasteiger partial charge in [-0.15, -0.1) is 24.0 Å². The second kappa shape index (κ2) is 11.3. The fraction of sp³-hybridized carbons (Fsp3) is 0.409. The first-order valence-corrected chi connectivity index (χ1v) is 9.67. The van der Waals surface area contributed by atoms with Gasteiger partial charge in [-0.1, -0.05) is 12.1 Å². The lowest BCUT2D eigenvalue weighted by Gasteiger charge is -2.16. The van der Waals surface area contributed by atoms with Crippen molar-refractivity contribution in [1.82, 2.24) is 0 Å². The molecule has 7 heteroatoms. The van der Waals surface area contributed by atoms with Crippen LogP contribution in [-0.4, -0.2) is 31.4 Å². The zero-order chi connectivity index (χ0) is 19.9. The van der Waals surface area contributed by atoms with Gasteiger partial charge < -0.3 is 25.3 Å². The van der Waals surface area contributed by atoms with Crippen molar-refractivity contribution in [3.05, 3.63) is 53.6 Å². The molecule has 1 fully saturated rings. The van der Waals surface area contributed by atoms with Crippen LogP contribution in [0, 0.1) is 6.92 Å². The van der Waals surface area contributed by atoms with Crippen LogP contribution in [0.4, 0.5) is 5.69 Å². The molecule has 2 aromatic carbocycles. The molecule has 3 N–H and O–H groups in total. The molecular weight excluding hydrogens is 481 g/mol. The van der Waals surface area contributed by atoms with Crippen molar-refractivity contribution >= 4 is 35.6 Å². The molecular formula is C22H30IN3O3. The van der Waals surface area contributed by atoms with Crippen LogP contribution in [0.15, 0.2) is 47.5 Å². The number of halogens is 1. The molecule has 6 nitrogen and oxygen atoms in total. The molecule has 2 aromatic rings. The molecule has 158 valence electrons. The summed E-state index contributed by atoms with van der Waals surface area (Å²) in [6.45, 7) is 7.88. The van der Waals surface area contributed by atoms with Gasteiger partial charge in [-0.25, -0.2) is 4.99 Å². The van der Waals surface area contributed by atoms with E-state index in [4.69, 9.17) is 19.9 Å². The smallest absolute Gasteiger partial charge is 0.193 e. The van der Waals surface area contributed by atoms with Gasteiger partial charge in [-0.05, 0) is 56.7 Å². The fourth-order valence-corrected chi connectivity index (χ4v) is 2.93. The number of anilines is 1. The van der Waals surface area contributed by atoms with Gasteiger partial charge in [0.1, 0.15) is 17.6 Å². The van der Waals surface area contributed by atoms with Crippen molar-refractivity contribution in [1.29, 1.82) is 0 Å². The first-order valence-electron chi connectivity index (χ1n) is 9.67. The number of nitrogens with two attached hydrogens (primary N) is 1. The predicted molar refractivity (Wildman–Crippen MR) is 128 cm³/mol. The molecule has 0 bridgehead atoms. The van der Waals surface area contributed by atoms with Crippen LogP contribution >= 0.6 is 24.0 Å². The van der Waals surface area contributed by atoms with E-state index in [0.717, 1.165) is 41.3 Å². The Hall–Kier alpha value is -2.00. The molecule has 1 saturated heterocycles. The normalized spacial score (nSPS) is 16.4. The van der Waals surface area contributed by atoms with E-state index in [1.165, 1.54) is 0 Å². The summed E-state index contributed by atoms with van der Waals surface area (Å²) in [5.74, 6) is 2.03. The summed E-state index contributed by atoms with van der Waals surface area (Å²) < 4.78 is 17.2. The minimum atomic E-state index is 0. The maximum Gasteiger partial charge on any atom is 0.193 e. The Morgan fingerprint density at radius 2 is 2.00 bits per heavy atom. The van der Waals surface area contributed by atoms with E-state index < -0.39 is 0 Å². The third-order valence-corrected chi connectivity index (χ3v) is 4.32. The second-order valence-corrected chi connectivity index (χ2v) is 7.23. The van der Waals surface area contributed by atoms with Crippen LogP contribution in [0.1, 0.15) is 31.4 Å². The lowest BCUT2D eigenvalue weighted by atomic mass is 10.1. The first-order chi connectivity index (χ1) is 13.5. The number of aliphatic imine (C=N–C) groups is 1. The van der Waals surface area contributed by atoms with E-state index in [9.17, 15) is 0 Å². The maximum absolute atomic E-state index is 6.11. The van der Waals surface area contributed by atoms with E-state index in [1.807, 2.05) is 57.2 Å². The molecule has 1 aliphatic heterocycles. The van der Waals surface area contributed by atoms with Gasteiger partial charge in [0.25, 0.3) is 0 Å². The van der Waals surface area contributed by atoms with Gasteiger partial charge in [-0.3, -0.25) is 0 Å². The van der Waals surface area contributed by atoms with Gasteiger partial charge in [0.2, 0.25) is 0 Å². The summed E-state index contributed by atoms with van der Waals surface area (Å²) in [5, 5.41) is 3.11. The van der Waals surface area contributed by atoms with Crippen molar-refractivity contribution in [2.45, 2.75) is 45.9 Å². The Kier molecular flexibility index (Phi) is 9.03. The van der Waals surface area contributed by atoms with E-state index in [1.54, 1.807) is 0 Å². The Morgan fingerprint density at radius 1 is 1.24 bits per heavy atom. The monoisotopic (exact) mass is 511 g/mol. The summed E-state index contributed by atoms with van der Waals surface area (Å²) in [7, 11) is 0. The van der Waals surface area contributed by atoms with Gasteiger partial charge in [0, 0.05) is 17.7 Å². The Labute approximate surface area is 189 Å². The molecule has 1 aliphatic rings. The maximum atomic E-state index is 6.11. The molecule has 0 saturated carbocycles. The summed E-state index contributed by atoms with van der Waals surface area (Å²) >= 11 is 0. The number of nitrogens with one attached hydrogen (secondary N) is 1. The number of hydrogen-bond donors (Lipinski definition) is 2. The number of nitrogens with zero attached hydrogens (tertiary/aromatic N) is 1. The van der Waals surface area contributed by atoms with Crippen molar-refractivity contribution in [3.63, 3.8) is 0 Å². The third-order valence-electron chi connectivity index (χ3n) is 4.32. The lowest BCUT2D eigenvalue weighted by molar-refractivity contribution is 0.140. The highest BCUT2D eigenvalue weighted by Crippen LogP contribution is 2.24. The van der Waals surface area contributed by atoms with Crippen molar-refractivity contribution in [2.75, 3.05) is 18.5 Å². The Bertz CT molecular complexity index is 803. The molecule has 3 rings (SSSR count). The van der Waals surface area contributed by atoms with Gasteiger partial charge in [0.05, 0.1) is 25.9 Å². The molecule has 1 heterocycles. The number of guanidine groups is 1. The second-order valence-electron chi connectivity index (χ2n) is 7.23. The van der Waals surface area contributed by atoms with E-state index in [-0.39, 0.29) is 36.2 Å². The molecule has 0 aromatic heterocycles. The molecule has 29 heavy (non-hydrogen) atoms. The van der Waals surface area contributed by atoms with Crippen LogP contribution in [0.3, 0.4) is 0 Å². The van der Waals surface area contributed by atoms with Gasteiger partial charge >= 0.3 is 0 Å². The van der Waals surface area contributed by atoms with Gasteiger partial charge in [-0.2, -0.15) is 0 Å². The Balaban J connectivity index is 0.00000300. The molecule has 0 spiro atoms. The first kappa shape index (κ1) is 23.3. The van der Waals surface area contributed by atoms with Crippen LogP contribution in [-0.2, 0) is 11.3 Å². The van der Waals surface area contributed by atoms with E-state index in [2.05, 4.69) is 16.4 Å². The molecule has 0 radical (unpaired) electrons. The molecule has 0 amide bonds. The van der Waals surface area contributed by atoms with Crippen LogP contribution in [0.25, 0.3) is 0 Å². The van der Waals surface area contributed by atoms with E-state index in [0.29, 0.717) is 19.1 Å². The topological polar surface area (TPSA) is 78.1 Å². The highest BCUT2D eigenvalue weighted by Gasteiger charge is 2.18. The number of aryl methyl sites for hydroxylation is 1. The number of hydrogen-bond acceptors (Lipinski definition) is 4. The van der Waals surface area contributed by atoms with Crippen LogP contribution < -0.4 is 20.5 Å². The minimum Gasteiger partial charge on any atom is -0.491 e. The van der Waals surface area contributed by atoms with Crippen molar-refractivity contribution in [3.8, 4) is 11.5 Å². The van der Waals surface area contributed by atoms with E-state index >= 15 is 0 Å². The van der Waals surface area contributed by atoms with Crippen molar-refractivity contribution in [2.24, 2.45) is 10.7 Å². The third kappa shape index (κ3) is 7.40. The van der Waals surface area contributed by atoms with Crippen LogP contribution in [0.2, 0.25) is 0 Å². The van der Waals surface area contributed by atoms with Crippen LogP contribution in [0.5, 0.6) is 11.5 Å². The average molecular weight is 511 g/mol. The summed E-state index contributed by atoms with van der Waals surface area (Å²) in [4.78, 5) is 4.47. The number of ether oxygens (including phenoxy) is 3. The largest absolute Gasteiger partial charge is 0.491 e. The molecule has 1 unspecified atom stereocenters.